The van der Waals surface area contributed by atoms with Gasteiger partial charge in [-0.2, -0.15) is 0 Å². The zero-order valence-electron chi connectivity index (χ0n) is 10.9. The van der Waals surface area contributed by atoms with E-state index in [0.717, 1.165) is 25.9 Å². The summed E-state index contributed by atoms with van der Waals surface area (Å²) >= 11 is 11.8. The number of thiophene rings is 1. The van der Waals surface area contributed by atoms with Gasteiger partial charge in [0, 0.05) is 21.8 Å². The summed E-state index contributed by atoms with van der Waals surface area (Å²) in [6.45, 7) is 0. The zero-order valence-corrected chi connectivity index (χ0v) is 14.1. The Hall–Kier alpha value is -1.29. The molecule has 1 N–H and O–H groups in total. The van der Waals surface area contributed by atoms with E-state index in [4.69, 9.17) is 11.6 Å². The van der Waals surface area contributed by atoms with Crippen molar-refractivity contribution in [2.45, 2.75) is 5.38 Å². The second-order valence-electron chi connectivity index (χ2n) is 5.02. The maximum atomic E-state index is 6.64. The molecule has 0 bridgehead atoms. The van der Waals surface area contributed by atoms with E-state index in [9.17, 15) is 0 Å². The van der Waals surface area contributed by atoms with Crippen molar-refractivity contribution in [3.8, 4) is 0 Å². The van der Waals surface area contributed by atoms with E-state index >= 15 is 0 Å². The zero-order chi connectivity index (χ0) is 14.4. The van der Waals surface area contributed by atoms with E-state index in [1.807, 2.05) is 6.07 Å². The fraction of sp³-hybridized carbons (Fsp3) is 0.0588. The molecule has 21 heavy (non-hydrogen) atoms. The summed E-state index contributed by atoms with van der Waals surface area (Å²) in [6, 6.07) is 16.8. The summed E-state index contributed by atoms with van der Waals surface area (Å²) in [5.74, 6) is 0. The highest BCUT2D eigenvalue weighted by Gasteiger charge is 2.14. The van der Waals surface area contributed by atoms with Gasteiger partial charge in [0.05, 0.1) is 9.16 Å². The number of nitrogens with one attached hydrogen (secondary N) is 1. The number of alkyl halides is 1. The van der Waals surface area contributed by atoms with Crippen molar-refractivity contribution in [2.24, 2.45) is 0 Å². The first kappa shape index (κ1) is 13.4. The normalized spacial score (nSPS) is 13.0. The fourth-order valence-corrected chi connectivity index (χ4v) is 4.21. The molecule has 0 aliphatic heterocycles. The van der Waals surface area contributed by atoms with Gasteiger partial charge in [-0.05, 0) is 56.7 Å². The Morgan fingerprint density at radius 1 is 0.952 bits per heavy atom. The third-order valence-corrected chi connectivity index (χ3v) is 5.73. The minimum Gasteiger partial charge on any atom is -0.355 e. The highest BCUT2D eigenvalue weighted by Crippen LogP contribution is 2.36. The molecular weight excluding hydrogens is 366 g/mol. The third-order valence-electron chi connectivity index (χ3n) is 3.70. The second-order valence-corrected chi connectivity index (χ2v) is 7.75. The van der Waals surface area contributed by atoms with E-state index in [1.165, 1.54) is 10.8 Å². The first-order chi connectivity index (χ1) is 10.2. The predicted molar refractivity (Wildman–Crippen MR) is 95.5 cm³/mol. The summed E-state index contributed by atoms with van der Waals surface area (Å²) in [5, 5.41) is 4.44. The van der Waals surface area contributed by atoms with Gasteiger partial charge in [0.2, 0.25) is 0 Å². The summed E-state index contributed by atoms with van der Waals surface area (Å²) in [5.41, 5.74) is 4.57. The Balaban J connectivity index is 1.88. The lowest BCUT2D eigenvalue weighted by atomic mass is 10.0. The quantitative estimate of drug-likeness (QED) is 0.386. The Labute approximate surface area is 139 Å². The van der Waals surface area contributed by atoms with E-state index in [2.05, 4.69) is 68.8 Å². The van der Waals surface area contributed by atoms with Crippen LogP contribution in [-0.2, 0) is 0 Å². The summed E-state index contributed by atoms with van der Waals surface area (Å²) in [7, 11) is 0. The molecule has 0 aliphatic rings. The van der Waals surface area contributed by atoms with Crippen LogP contribution in [0.2, 0.25) is 0 Å². The second kappa shape index (κ2) is 5.16. The van der Waals surface area contributed by atoms with Gasteiger partial charge in [-0.1, -0.05) is 24.3 Å². The molecule has 1 nitrogen and oxygen atoms in total. The van der Waals surface area contributed by atoms with Crippen molar-refractivity contribution in [1.29, 1.82) is 0 Å². The number of benzene rings is 2. The van der Waals surface area contributed by atoms with Crippen LogP contribution >= 0.6 is 38.9 Å². The number of aromatic amines is 1. The molecule has 0 saturated heterocycles. The molecule has 0 aliphatic carbocycles. The van der Waals surface area contributed by atoms with Crippen molar-refractivity contribution in [3.05, 3.63) is 68.8 Å². The predicted octanol–water partition coefficient (Wildman–Crippen LogP) is 6.47. The number of hydrogen-bond donors (Lipinski definition) is 1. The van der Waals surface area contributed by atoms with Gasteiger partial charge in [-0.3, -0.25) is 0 Å². The largest absolute Gasteiger partial charge is 0.355 e. The summed E-state index contributed by atoms with van der Waals surface area (Å²) < 4.78 is 1.11. The molecule has 0 spiro atoms. The van der Waals surface area contributed by atoms with Crippen LogP contribution in [0.5, 0.6) is 0 Å². The molecule has 4 rings (SSSR count). The van der Waals surface area contributed by atoms with Gasteiger partial charge in [-0.15, -0.1) is 22.9 Å². The lowest BCUT2D eigenvalue weighted by Crippen LogP contribution is -1.90. The average Bonchev–Trinajstić information content (AvgIpc) is 3.09. The standard InChI is InChI=1S/C17H11BrClNS/c18-16-8-11(9-21-16)17(19)10-5-6-15-13(7-10)12-3-1-2-4-14(12)20-15/h1-9,17,20H. The van der Waals surface area contributed by atoms with Crippen molar-refractivity contribution < 1.29 is 0 Å². The number of hydrogen-bond acceptors (Lipinski definition) is 1. The first-order valence-corrected chi connectivity index (χ1v) is 8.71. The number of aromatic nitrogens is 1. The molecule has 0 amide bonds. The molecule has 2 heterocycles. The molecule has 4 heteroatoms. The van der Waals surface area contributed by atoms with Crippen LogP contribution in [0.4, 0.5) is 0 Å². The summed E-state index contributed by atoms with van der Waals surface area (Å²) in [6.07, 6.45) is 0. The van der Waals surface area contributed by atoms with E-state index in [0.29, 0.717) is 0 Å². The van der Waals surface area contributed by atoms with Crippen molar-refractivity contribution in [2.75, 3.05) is 0 Å². The number of H-pyrrole nitrogens is 1. The lowest BCUT2D eigenvalue weighted by molar-refractivity contribution is 1.16. The highest BCUT2D eigenvalue weighted by atomic mass is 79.9. The van der Waals surface area contributed by atoms with Crippen molar-refractivity contribution >= 4 is 60.7 Å². The number of halogens is 2. The molecule has 2 aromatic carbocycles. The highest BCUT2D eigenvalue weighted by molar-refractivity contribution is 9.11. The smallest absolute Gasteiger partial charge is 0.0844 e. The van der Waals surface area contributed by atoms with Gasteiger partial charge in [0.1, 0.15) is 0 Å². The van der Waals surface area contributed by atoms with Crippen LogP contribution in [0, 0.1) is 0 Å². The van der Waals surface area contributed by atoms with E-state index in [1.54, 1.807) is 11.3 Å². The Morgan fingerprint density at radius 2 is 1.76 bits per heavy atom. The van der Waals surface area contributed by atoms with E-state index in [-0.39, 0.29) is 5.38 Å². The summed E-state index contributed by atoms with van der Waals surface area (Å²) in [4.78, 5) is 3.44. The Morgan fingerprint density at radius 3 is 2.57 bits per heavy atom. The minimum atomic E-state index is -0.120. The molecule has 4 aromatic rings. The van der Waals surface area contributed by atoms with Gasteiger partial charge in [0.15, 0.2) is 0 Å². The number of rotatable bonds is 2. The third kappa shape index (κ3) is 2.30. The molecule has 0 radical (unpaired) electrons. The Kier molecular flexibility index (Phi) is 3.29. The first-order valence-electron chi connectivity index (χ1n) is 6.61. The van der Waals surface area contributed by atoms with Crippen LogP contribution in [0.3, 0.4) is 0 Å². The molecule has 0 fully saturated rings. The monoisotopic (exact) mass is 375 g/mol. The van der Waals surface area contributed by atoms with Crippen molar-refractivity contribution in [3.63, 3.8) is 0 Å². The van der Waals surface area contributed by atoms with Crippen molar-refractivity contribution in [1.82, 2.24) is 4.98 Å². The van der Waals surface area contributed by atoms with Crippen LogP contribution in [0.15, 0.2) is 57.7 Å². The molecular formula is C17H11BrClNS. The van der Waals surface area contributed by atoms with Gasteiger partial charge < -0.3 is 4.98 Å². The molecule has 1 unspecified atom stereocenters. The van der Waals surface area contributed by atoms with E-state index < -0.39 is 0 Å². The molecule has 0 saturated carbocycles. The molecule has 2 aromatic heterocycles. The molecule has 104 valence electrons. The van der Waals surface area contributed by atoms with Crippen LogP contribution < -0.4 is 0 Å². The van der Waals surface area contributed by atoms with Crippen LogP contribution in [0.25, 0.3) is 21.8 Å². The minimum absolute atomic E-state index is 0.120. The SMILES string of the molecule is ClC(c1csc(Br)c1)c1ccc2[nH]c3ccccc3c2c1. The number of para-hydroxylation sites is 1. The van der Waals surface area contributed by atoms with Crippen LogP contribution in [0.1, 0.15) is 16.5 Å². The maximum absolute atomic E-state index is 6.64. The topological polar surface area (TPSA) is 15.8 Å². The van der Waals surface area contributed by atoms with Gasteiger partial charge >= 0.3 is 0 Å². The fourth-order valence-electron chi connectivity index (χ4n) is 2.67. The molecule has 1 atom stereocenters. The lowest BCUT2D eigenvalue weighted by Gasteiger charge is -2.08. The van der Waals surface area contributed by atoms with Gasteiger partial charge in [0.25, 0.3) is 0 Å². The van der Waals surface area contributed by atoms with Gasteiger partial charge in [-0.25, -0.2) is 0 Å². The maximum Gasteiger partial charge on any atom is 0.0844 e. The van der Waals surface area contributed by atoms with Crippen LogP contribution in [-0.4, -0.2) is 4.98 Å². The average molecular weight is 377 g/mol. The number of fused-ring (bicyclic) bond motifs is 3. The Bertz CT molecular complexity index is 940.